The third-order valence-corrected chi connectivity index (χ3v) is 5.41. The minimum Gasteiger partial charge on any atom is -0.296 e. The van der Waals surface area contributed by atoms with Crippen LogP contribution in [0, 0.1) is 19.7 Å². The second-order valence-corrected chi connectivity index (χ2v) is 7.82. The second kappa shape index (κ2) is 7.76. The lowest BCUT2D eigenvalue weighted by Crippen LogP contribution is -2.12. The number of benzene rings is 2. The number of hydrogen-bond acceptors (Lipinski definition) is 5. The fraction of sp³-hybridized carbons (Fsp3) is 0.167. The molecule has 128 valence electrons. The molecule has 2 aromatic carbocycles. The highest BCUT2D eigenvalue weighted by molar-refractivity contribution is 8.00. The monoisotopic (exact) mass is 373 g/mol. The number of rotatable bonds is 5. The average molecular weight is 373 g/mol. The van der Waals surface area contributed by atoms with Crippen molar-refractivity contribution < 1.29 is 9.18 Å². The Balaban J connectivity index is 1.62. The summed E-state index contributed by atoms with van der Waals surface area (Å²) >= 11 is 2.76. The van der Waals surface area contributed by atoms with Crippen LogP contribution in [0.5, 0.6) is 0 Å². The van der Waals surface area contributed by atoms with Crippen LogP contribution in [0.3, 0.4) is 0 Å². The van der Waals surface area contributed by atoms with Gasteiger partial charge < -0.3 is 0 Å². The summed E-state index contributed by atoms with van der Waals surface area (Å²) in [6, 6.07) is 12.1. The van der Waals surface area contributed by atoms with E-state index in [0.717, 1.165) is 21.0 Å². The fourth-order valence-electron chi connectivity index (χ4n) is 2.37. The highest BCUT2D eigenvalue weighted by Crippen LogP contribution is 2.28. The van der Waals surface area contributed by atoms with Crippen molar-refractivity contribution in [2.45, 2.75) is 23.9 Å². The topological polar surface area (TPSA) is 54.9 Å². The summed E-state index contributed by atoms with van der Waals surface area (Å²) in [7, 11) is 0. The Hall–Kier alpha value is -2.25. The lowest BCUT2D eigenvalue weighted by molar-refractivity contribution is 0.102. The van der Waals surface area contributed by atoms with E-state index in [2.05, 4.69) is 15.5 Å². The van der Waals surface area contributed by atoms with Crippen LogP contribution in [0.4, 0.5) is 9.52 Å². The number of thioether (sulfide) groups is 1. The van der Waals surface area contributed by atoms with E-state index in [4.69, 9.17) is 0 Å². The van der Waals surface area contributed by atoms with Gasteiger partial charge in [-0.05, 0) is 43.7 Å². The van der Waals surface area contributed by atoms with Gasteiger partial charge in [0.1, 0.15) is 5.82 Å². The smallest absolute Gasteiger partial charge is 0.257 e. The van der Waals surface area contributed by atoms with Crippen molar-refractivity contribution in [1.29, 1.82) is 0 Å². The molecule has 3 rings (SSSR count). The highest BCUT2D eigenvalue weighted by Gasteiger charge is 2.11. The van der Waals surface area contributed by atoms with E-state index >= 15 is 0 Å². The molecule has 1 N–H and O–H groups in total. The Morgan fingerprint density at radius 2 is 1.92 bits per heavy atom. The number of anilines is 1. The van der Waals surface area contributed by atoms with E-state index in [1.807, 2.05) is 38.1 Å². The standard InChI is InChI=1S/C18H16FN3OS2/c1-11-6-12(2)8-14(7-11)16(23)20-17-21-22-18(25-17)24-10-13-4-3-5-15(19)9-13/h3-9H,10H2,1-2H3,(H,20,21,23). The molecule has 7 heteroatoms. The third kappa shape index (κ3) is 4.87. The van der Waals surface area contributed by atoms with Gasteiger partial charge in [0.2, 0.25) is 5.13 Å². The number of aryl methyl sites for hydroxylation is 2. The predicted molar refractivity (Wildman–Crippen MR) is 99.7 cm³/mol. The molecule has 1 aromatic heterocycles. The van der Waals surface area contributed by atoms with Crippen LogP contribution < -0.4 is 5.32 Å². The van der Waals surface area contributed by atoms with Crippen molar-refractivity contribution in [2.24, 2.45) is 0 Å². The SMILES string of the molecule is Cc1cc(C)cc(C(=O)Nc2nnc(SCc3cccc(F)c3)s2)c1. The Morgan fingerprint density at radius 1 is 1.16 bits per heavy atom. The molecule has 0 atom stereocenters. The van der Waals surface area contributed by atoms with Gasteiger partial charge in [0.05, 0.1) is 0 Å². The lowest BCUT2D eigenvalue weighted by Gasteiger charge is -2.04. The number of amides is 1. The molecular weight excluding hydrogens is 357 g/mol. The molecule has 1 heterocycles. The van der Waals surface area contributed by atoms with Gasteiger partial charge in [-0.2, -0.15) is 0 Å². The van der Waals surface area contributed by atoms with Crippen molar-refractivity contribution in [2.75, 3.05) is 5.32 Å². The molecular formula is C18H16FN3OS2. The minimum absolute atomic E-state index is 0.204. The summed E-state index contributed by atoms with van der Waals surface area (Å²) < 4.78 is 13.9. The van der Waals surface area contributed by atoms with Gasteiger partial charge >= 0.3 is 0 Å². The first-order valence-corrected chi connectivity index (χ1v) is 9.40. The van der Waals surface area contributed by atoms with Crippen LogP contribution in [-0.4, -0.2) is 16.1 Å². The minimum atomic E-state index is -0.253. The van der Waals surface area contributed by atoms with Crippen LogP contribution in [0.2, 0.25) is 0 Å². The Labute approximate surface area is 153 Å². The van der Waals surface area contributed by atoms with Crippen molar-refractivity contribution in [3.63, 3.8) is 0 Å². The zero-order valence-electron chi connectivity index (χ0n) is 13.7. The summed E-state index contributed by atoms with van der Waals surface area (Å²) in [5, 5.41) is 11.3. The van der Waals surface area contributed by atoms with Gasteiger partial charge in [0.25, 0.3) is 5.91 Å². The largest absolute Gasteiger partial charge is 0.296 e. The number of nitrogens with zero attached hydrogens (tertiary/aromatic N) is 2. The van der Waals surface area contributed by atoms with Gasteiger partial charge in [0.15, 0.2) is 4.34 Å². The van der Waals surface area contributed by atoms with E-state index in [-0.39, 0.29) is 11.7 Å². The molecule has 0 radical (unpaired) electrons. The normalized spacial score (nSPS) is 10.7. The first-order valence-electron chi connectivity index (χ1n) is 7.60. The molecule has 0 aliphatic heterocycles. The van der Waals surface area contributed by atoms with Crippen molar-refractivity contribution in [3.8, 4) is 0 Å². The quantitative estimate of drug-likeness (QED) is 0.514. The molecule has 3 aromatic rings. The van der Waals surface area contributed by atoms with E-state index in [1.54, 1.807) is 6.07 Å². The molecule has 0 unspecified atom stereocenters. The molecule has 0 aliphatic rings. The Kier molecular flexibility index (Phi) is 5.45. The van der Waals surface area contributed by atoms with Gasteiger partial charge in [-0.25, -0.2) is 4.39 Å². The Morgan fingerprint density at radius 3 is 2.64 bits per heavy atom. The maximum atomic E-state index is 13.2. The number of hydrogen-bond donors (Lipinski definition) is 1. The van der Waals surface area contributed by atoms with E-state index < -0.39 is 0 Å². The van der Waals surface area contributed by atoms with Crippen LogP contribution in [0.25, 0.3) is 0 Å². The van der Waals surface area contributed by atoms with Crippen LogP contribution in [0.15, 0.2) is 46.8 Å². The number of nitrogens with one attached hydrogen (secondary N) is 1. The van der Waals surface area contributed by atoms with Crippen LogP contribution >= 0.6 is 23.1 Å². The summed E-state index contributed by atoms with van der Waals surface area (Å²) in [6.07, 6.45) is 0. The van der Waals surface area contributed by atoms with Crippen molar-refractivity contribution >= 4 is 34.1 Å². The maximum Gasteiger partial charge on any atom is 0.257 e. The number of halogens is 1. The third-order valence-electron chi connectivity index (χ3n) is 3.36. The first-order chi connectivity index (χ1) is 12.0. The van der Waals surface area contributed by atoms with E-state index in [1.165, 1.54) is 35.2 Å². The highest BCUT2D eigenvalue weighted by atomic mass is 32.2. The van der Waals surface area contributed by atoms with Crippen LogP contribution in [-0.2, 0) is 5.75 Å². The van der Waals surface area contributed by atoms with Gasteiger partial charge in [-0.15, -0.1) is 10.2 Å². The predicted octanol–water partition coefficient (Wildman–Crippen LogP) is 4.84. The zero-order valence-corrected chi connectivity index (χ0v) is 15.4. The average Bonchev–Trinajstić information content (AvgIpc) is 2.99. The second-order valence-electron chi connectivity index (χ2n) is 5.62. The molecule has 25 heavy (non-hydrogen) atoms. The fourth-order valence-corrected chi connectivity index (χ4v) is 4.06. The van der Waals surface area contributed by atoms with E-state index in [0.29, 0.717) is 16.4 Å². The first kappa shape index (κ1) is 17.6. The molecule has 4 nitrogen and oxygen atoms in total. The van der Waals surface area contributed by atoms with Gasteiger partial charge in [-0.3, -0.25) is 10.1 Å². The Bertz CT molecular complexity index is 891. The molecule has 0 saturated carbocycles. The molecule has 0 saturated heterocycles. The van der Waals surface area contributed by atoms with Crippen molar-refractivity contribution in [3.05, 3.63) is 70.5 Å². The lowest BCUT2D eigenvalue weighted by atomic mass is 10.1. The number of carbonyl (C=O) groups is 1. The molecule has 0 bridgehead atoms. The van der Waals surface area contributed by atoms with E-state index in [9.17, 15) is 9.18 Å². The van der Waals surface area contributed by atoms with Crippen LogP contribution in [0.1, 0.15) is 27.0 Å². The van der Waals surface area contributed by atoms with Gasteiger partial charge in [0, 0.05) is 11.3 Å². The summed E-state index contributed by atoms with van der Waals surface area (Å²) in [5.41, 5.74) is 3.55. The van der Waals surface area contributed by atoms with Crippen molar-refractivity contribution in [1.82, 2.24) is 10.2 Å². The van der Waals surface area contributed by atoms with Gasteiger partial charge in [-0.1, -0.05) is 52.4 Å². The molecule has 0 spiro atoms. The zero-order chi connectivity index (χ0) is 17.8. The molecule has 0 aliphatic carbocycles. The summed E-state index contributed by atoms with van der Waals surface area (Å²) in [4.78, 5) is 12.3. The summed E-state index contributed by atoms with van der Waals surface area (Å²) in [5.74, 6) is 0.138. The molecule has 0 fully saturated rings. The molecule has 1 amide bonds. The number of carbonyl (C=O) groups excluding carboxylic acids is 1. The maximum absolute atomic E-state index is 13.2. The number of aromatic nitrogens is 2. The summed E-state index contributed by atoms with van der Waals surface area (Å²) in [6.45, 7) is 3.91.